The largest absolute Gasteiger partial charge is 0.391 e. The molecule has 2 N–H and O–H groups in total. The first-order valence-corrected chi connectivity index (χ1v) is 12.3. The number of aromatic nitrogens is 2. The average Bonchev–Trinajstić information content (AvgIpc) is 2.79. The molecule has 2 rings (SSSR count). The number of nitrogens with one attached hydrogen (secondary N) is 2. The van der Waals surface area contributed by atoms with Crippen molar-refractivity contribution in [3.8, 4) is 0 Å². The van der Waals surface area contributed by atoms with Crippen LogP contribution < -0.4 is 10.6 Å². The van der Waals surface area contributed by atoms with Gasteiger partial charge in [0.15, 0.2) is 0 Å². The van der Waals surface area contributed by atoms with E-state index in [1.54, 1.807) is 0 Å². The molecule has 1 atom stereocenters. The smallest absolute Gasteiger partial charge is 0.130 e. The summed E-state index contributed by atoms with van der Waals surface area (Å²) >= 11 is 1.53. The van der Waals surface area contributed by atoms with Crippen molar-refractivity contribution < 1.29 is 0 Å². The molecule has 0 amide bonds. The van der Waals surface area contributed by atoms with Crippen LogP contribution in [0.3, 0.4) is 0 Å². The highest BCUT2D eigenvalue weighted by molar-refractivity contribution is 8.03. The van der Waals surface area contributed by atoms with Gasteiger partial charge in [-0.2, -0.15) is 0 Å². The minimum absolute atomic E-state index is 0.800. The number of anilines is 1. The van der Waals surface area contributed by atoms with Gasteiger partial charge < -0.3 is 10.6 Å². The Morgan fingerprint density at radius 1 is 1.25 bits per heavy atom. The second kappa shape index (κ2) is 13.1. The molecule has 0 saturated carbocycles. The Bertz CT molecular complexity index is 948. The van der Waals surface area contributed by atoms with Gasteiger partial charge in [-0.15, -0.1) is 0 Å². The molecule has 2 heterocycles. The molecule has 0 spiro atoms. The van der Waals surface area contributed by atoms with Crippen LogP contribution in [0, 0.1) is 12.8 Å². The van der Waals surface area contributed by atoms with Crippen LogP contribution >= 0.6 is 11.8 Å². The predicted octanol–water partition coefficient (Wildman–Crippen LogP) is 7.36. The molecule has 0 saturated heterocycles. The molecule has 0 aliphatic rings. The Labute approximate surface area is 198 Å². The van der Waals surface area contributed by atoms with Crippen LogP contribution in [0.4, 0.5) is 5.82 Å². The van der Waals surface area contributed by atoms with Gasteiger partial charge in [0, 0.05) is 24.5 Å². The Hall–Kier alpha value is -2.53. The van der Waals surface area contributed by atoms with Gasteiger partial charge in [0.05, 0.1) is 10.7 Å². The molecule has 0 aromatic carbocycles. The molecule has 0 bridgehead atoms. The van der Waals surface area contributed by atoms with Gasteiger partial charge in [-0.25, -0.2) is 9.97 Å². The summed E-state index contributed by atoms with van der Waals surface area (Å²) in [5.74, 6) is 1.65. The van der Waals surface area contributed by atoms with Gasteiger partial charge in [-0.1, -0.05) is 70.2 Å². The maximum absolute atomic E-state index is 4.86. The van der Waals surface area contributed by atoms with Gasteiger partial charge in [0.25, 0.3) is 0 Å². The van der Waals surface area contributed by atoms with E-state index in [9.17, 15) is 0 Å². The summed E-state index contributed by atoms with van der Waals surface area (Å²) in [6.45, 7) is 16.8. The first kappa shape index (κ1) is 25.7. The third-order valence-electron chi connectivity index (χ3n) is 5.73. The Kier molecular flexibility index (Phi) is 10.5. The topological polar surface area (TPSA) is 49.8 Å². The second-order valence-corrected chi connectivity index (χ2v) is 9.35. The number of unbranched alkanes of at least 4 members (excludes halogenated alkanes) is 1. The Balaban J connectivity index is 2.02. The van der Waals surface area contributed by atoms with Gasteiger partial charge in [0.2, 0.25) is 0 Å². The Morgan fingerprint density at radius 2 is 2.03 bits per heavy atom. The highest BCUT2D eigenvalue weighted by atomic mass is 32.2. The molecule has 0 aliphatic heterocycles. The molecule has 1 unspecified atom stereocenters. The molecule has 2 aromatic rings. The van der Waals surface area contributed by atoms with Crippen LogP contribution in [0.1, 0.15) is 63.3 Å². The first-order chi connectivity index (χ1) is 15.4. The van der Waals surface area contributed by atoms with E-state index in [1.165, 1.54) is 43.0 Å². The SMILES string of the molecule is C=C/C(=C(/C)NC)c1ccc(C)c(SC(=C)Nc2cc(CCCCC(C)CC)ccn2)n1. The molecule has 2 aromatic heterocycles. The summed E-state index contributed by atoms with van der Waals surface area (Å²) in [7, 11) is 1.90. The number of allylic oxidation sites excluding steroid dienone is 3. The van der Waals surface area contributed by atoms with Crippen molar-refractivity contribution in [2.45, 2.75) is 64.8 Å². The summed E-state index contributed by atoms with van der Waals surface area (Å²) in [4.78, 5) is 9.33. The van der Waals surface area contributed by atoms with Gasteiger partial charge in [-0.05, 0) is 61.9 Å². The Morgan fingerprint density at radius 3 is 2.72 bits per heavy atom. The maximum atomic E-state index is 4.86. The van der Waals surface area contributed by atoms with Crippen LogP contribution in [0.2, 0.25) is 0 Å². The van der Waals surface area contributed by atoms with Crippen LogP contribution in [-0.4, -0.2) is 17.0 Å². The molecule has 172 valence electrons. The monoisotopic (exact) mass is 450 g/mol. The lowest BCUT2D eigenvalue weighted by molar-refractivity contribution is 0.484. The number of thioether (sulfide) groups is 1. The van der Waals surface area contributed by atoms with Crippen molar-refractivity contribution in [2.24, 2.45) is 5.92 Å². The highest BCUT2D eigenvalue weighted by Gasteiger charge is 2.10. The third kappa shape index (κ3) is 7.86. The molecule has 0 radical (unpaired) electrons. The number of pyridine rings is 2. The summed E-state index contributed by atoms with van der Waals surface area (Å²) in [6, 6.07) is 8.34. The molecular formula is C27H38N4S. The van der Waals surface area contributed by atoms with Gasteiger partial charge >= 0.3 is 0 Å². The molecule has 4 nitrogen and oxygen atoms in total. The second-order valence-electron chi connectivity index (χ2n) is 8.27. The summed E-state index contributed by atoms with van der Waals surface area (Å²) < 4.78 is 0. The van der Waals surface area contributed by atoms with Crippen molar-refractivity contribution in [1.29, 1.82) is 0 Å². The van der Waals surface area contributed by atoms with E-state index in [-0.39, 0.29) is 0 Å². The zero-order chi connectivity index (χ0) is 23.5. The van der Waals surface area contributed by atoms with E-state index >= 15 is 0 Å². The van der Waals surface area contributed by atoms with Crippen molar-refractivity contribution in [1.82, 2.24) is 15.3 Å². The fourth-order valence-corrected chi connectivity index (χ4v) is 4.12. The number of nitrogens with zero attached hydrogens (tertiary/aromatic N) is 2. The minimum Gasteiger partial charge on any atom is -0.391 e. The maximum Gasteiger partial charge on any atom is 0.130 e. The molecule has 0 fully saturated rings. The number of hydrogen-bond acceptors (Lipinski definition) is 5. The number of aryl methyl sites for hydroxylation is 2. The zero-order valence-corrected chi connectivity index (χ0v) is 21.1. The number of rotatable bonds is 13. The van der Waals surface area contributed by atoms with E-state index in [0.29, 0.717) is 0 Å². The summed E-state index contributed by atoms with van der Waals surface area (Å²) in [5.41, 5.74) is 5.34. The van der Waals surface area contributed by atoms with E-state index in [0.717, 1.165) is 50.7 Å². The first-order valence-electron chi connectivity index (χ1n) is 11.5. The zero-order valence-electron chi connectivity index (χ0n) is 20.3. The lowest BCUT2D eigenvalue weighted by Crippen LogP contribution is -2.06. The van der Waals surface area contributed by atoms with Crippen molar-refractivity contribution in [2.75, 3.05) is 12.4 Å². The van der Waals surface area contributed by atoms with Crippen molar-refractivity contribution in [3.63, 3.8) is 0 Å². The lowest BCUT2D eigenvalue weighted by atomic mass is 9.99. The quantitative estimate of drug-likeness (QED) is 0.190. The van der Waals surface area contributed by atoms with E-state index in [4.69, 9.17) is 4.98 Å². The third-order valence-corrected chi connectivity index (χ3v) is 6.69. The average molecular weight is 451 g/mol. The number of hydrogen-bond donors (Lipinski definition) is 2. The molecule has 0 aliphatic carbocycles. The molecular weight excluding hydrogens is 412 g/mol. The standard InChI is InChI=1S/C27H38N4S/c1-8-19(3)12-10-11-13-23-16-17-29-26(18-23)30-22(6)32-27-20(4)14-15-25(31-27)24(9-2)21(5)28-7/h9,14-19,28H,2,6,8,10-13H2,1,3-5,7H3,(H,29,30)/b24-21+. The van der Waals surface area contributed by atoms with Crippen LogP contribution in [-0.2, 0) is 6.42 Å². The van der Waals surface area contributed by atoms with Gasteiger partial charge in [-0.3, -0.25) is 0 Å². The van der Waals surface area contributed by atoms with Crippen molar-refractivity contribution >= 4 is 23.2 Å². The van der Waals surface area contributed by atoms with E-state index in [2.05, 4.69) is 67.7 Å². The molecule has 5 heteroatoms. The van der Waals surface area contributed by atoms with Crippen LogP contribution in [0.5, 0.6) is 0 Å². The molecule has 32 heavy (non-hydrogen) atoms. The lowest BCUT2D eigenvalue weighted by Gasteiger charge is -2.13. The summed E-state index contributed by atoms with van der Waals surface area (Å²) in [6.07, 6.45) is 9.85. The summed E-state index contributed by atoms with van der Waals surface area (Å²) in [5, 5.41) is 8.24. The minimum atomic E-state index is 0.800. The predicted molar refractivity (Wildman–Crippen MR) is 141 cm³/mol. The van der Waals surface area contributed by atoms with E-state index in [1.807, 2.05) is 32.3 Å². The van der Waals surface area contributed by atoms with Gasteiger partial charge in [0.1, 0.15) is 10.8 Å². The normalized spacial score (nSPS) is 12.7. The van der Waals surface area contributed by atoms with Crippen LogP contribution in [0.25, 0.3) is 5.57 Å². The highest BCUT2D eigenvalue weighted by Crippen LogP contribution is 2.29. The van der Waals surface area contributed by atoms with Crippen LogP contribution in [0.15, 0.2) is 65.4 Å². The van der Waals surface area contributed by atoms with Crippen molar-refractivity contribution in [3.05, 3.63) is 77.2 Å². The fraction of sp³-hybridized carbons (Fsp3) is 0.407. The fourth-order valence-electron chi connectivity index (χ4n) is 3.36. The van der Waals surface area contributed by atoms with E-state index < -0.39 is 0 Å².